The standard InChI is InChI=1S/C21H24N6O2S3/c1-3-4-10-27-18-9-8-16(32(22,28)29)12-17(18)24-19(27)13-30-21-26-25-20(31-21)23-15-7-5-6-14(2)11-15/h5-9,11-12H,3-4,10,13H2,1-2H3,(H,23,25)(H2,22,28,29). The Kier molecular flexibility index (Phi) is 6.79. The van der Waals surface area contributed by atoms with Crippen molar-refractivity contribution in [3.63, 3.8) is 0 Å². The Hall–Kier alpha value is -2.47. The van der Waals surface area contributed by atoms with Gasteiger partial charge in [0.25, 0.3) is 0 Å². The number of primary sulfonamides is 1. The van der Waals surface area contributed by atoms with Crippen LogP contribution in [0.25, 0.3) is 11.0 Å². The Bertz CT molecular complexity index is 1350. The highest BCUT2D eigenvalue weighted by Gasteiger charge is 2.16. The Morgan fingerprint density at radius 2 is 2.03 bits per heavy atom. The van der Waals surface area contributed by atoms with Gasteiger partial charge in [-0.25, -0.2) is 18.5 Å². The number of nitrogens with two attached hydrogens (primary N) is 1. The fourth-order valence-corrected chi connectivity index (χ4v) is 5.56. The topological polar surface area (TPSA) is 116 Å². The SMILES string of the molecule is CCCCn1c(CSc2nnc(Nc3cccc(C)c3)s2)nc2cc(S(N)(=O)=O)ccc21. The number of sulfonamides is 1. The van der Waals surface area contributed by atoms with Crippen LogP contribution in [0.5, 0.6) is 0 Å². The number of nitrogens with zero attached hydrogens (tertiary/aromatic N) is 4. The fourth-order valence-electron chi connectivity index (χ4n) is 3.30. The molecule has 4 rings (SSSR count). The van der Waals surface area contributed by atoms with Crippen LogP contribution in [0, 0.1) is 6.92 Å². The Labute approximate surface area is 195 Å². The number of thioether (sulfide) groups is 1. The van der Waals surface area contributed by atoms with Gasteiger partial charge < -0.3 is 9.88 Å². The Morgan fingerprint density at radius 1 is 1.19 bits per heavy atom. The van der Waals surface area contributed by atoms with Crippen LogP contribution < -0.4 is 10.5 Å². The second-order valence-electron chi connectivity index (χ2n) is 7.39. The second-order valence-corrected chi connectivity index (χ2v) is 11.1. The van der Waals surface area contributed by atoms with E-state index in [0.29, 0.717) is 11.3 Å². The van der Waals surface area contributed by atoms with E-state index in [1.807, 2.05) is 25.1 Å². The number of hydrogen-bond donors (Lipinski definition) is 2. The van der Waals surface area contributed by atoms with Gasteiger partial charge in [0.15, 0.2) is 4.34 Å². The minimum Gasteiger partial charge on any atom is -0.330 e. The average molecular weight is 489 g/mol. The molecule has 0 fully saturated rings. The molecule has 0 radical (unpaired) electrons. The summed E-state index contributed by atoms with van der Waals surface area (Å²) in [4.78, 5) is 4.77. The quantitative estimate of drug-likeness (QED) is 0.329. The third-order valence-corrected chi connectivity index (χ3v) is 7.74. The Balaban J connectivity index is 1.53. The van der Waals surface area contributed by atoms with E-state index < -0.39 is 10.0 Å². The van der Waals surface area contributed by atoms with Crippen molar-refractivity contribution in [2.45, 2.75) is 48.2 Å². The predicted molar refractivity (Wildman–Crippen MR) is 130 cm³/mol. The van der Waals surface area contributed by atoms with Gasteiger partial charge in [0.05, 0.1) is 21.7 Å². The minimum atomic E-state index is -3.77. The fraction of sp³-hybridized carbons (Fsp3) is 0.286. The monoisotopic (exact) mass is 488 g/mol. The minimum absolute atomic E-state index is 0.0698. The summed E-state index contributed by atoms with van der Waals surface area (Å²) in [5.41, 5.74) is 3.68. The highest BCUT2D eigenvalue weighted by molar-refractivity contribution is 8.00. The first-order valence-corrected chi connectivity index (χ1v) is 13.5. The van der Waals surface area contributed by atoms with Crippen LogP contribution in [0.4, 0.5) is 10.8 Å². The van der Waals surface area contributed by atoms with Crippen molar-refractivity contribution in [1.82, 2.24) is 19.7 Å². The summed E-state index contributed by atoms with van der Waals surface area (Å²) in [5.74, 6) is 1.47. The maximum Gasteiger partial charge on any atom is 0.238 e. The van der Waals surface area contributed by atoms with Gasteiger partial charge in [-0.05, 0) is 49.2 Å². The summed E-state index contributed by atoms with van der Waals surface area (Å²) < 4.78 is 26.4. The number of hydrogen-bond acceptors (Lipinski definition) is 8. The van der Waals surface area contributed by atoms with E-state index in [4.69, 9.17) is 10.1 Å². The van der Waals surface area contributed by atoms with E-state index in [1.54, 1.807) is 17.8 Å². The molecule has 0 saturated carbocycles. The van der Waals surface area contributed by atoms with Gasteiger partial charge in [0, 0.05) is 12.2 Å². The van der Waals surface area contributed by atoms with Crippen molar-refractivity contribution in [1.29, 1.82) is 0 Å². The molecular formula is C21H24N6O2S3. The third-order valence-electron chi connectivity index (χ3n) is 4.86. The molecule has 8 nitrogen and oxygen atoms in total. The zero-order valence-electron chi connectivity index (χ0n) is 17.8. The first-order chi connectivity index (χ1) is 15.3. The molecule has 168 valence electrons. The van der Waals surface area contributed by atoms with Gasteiger partial charge in [-0.3, -0.25) is 0 Å². The van der Waals surface area contributed by atoms with Gasteiger partial charge in [-0.15, -0.1) is 10.2 Å². The molecule has 32 heavy (non-hydrogen) atoms. The average Bonchev–Trinajstić information content (AvgIpc) is 3.33. The molecule has 0 spiro atoms. The smallest absolute Gasteiger partial charge is 0.238 e. The van der Waals surface area contributed by atoms with E-state index in [1.165, 1.54) is 29.0 Å². The lowest BCUT2D eigenvalue weighted by Gasteiger charge is -2.08. The van der Waals surface area contributed by atoms with Gasteiger partial charge in [0.2, 0.25) is 15.2 Å². The molecule has 0 saturated heterocycles. The number of imidazole rings is 1. The molecule has 2 aromatic heterocycles. The molecule has 0 aliphatic heterocycles. The van der Waals surface area contributed by atoms with E-state index in [9.17, 15) is 8.42 Å². The van der Waals surface area contributed by atoms with Crippen molar-refractivity contribution in [3.05, 3.63) is 53.9 Å². The number of rotatable bonds is 9. The molecular weight excluding hydrogens is 464 g/mol. The van der Waals surface area contributed by atoms with E-state index >= 15 is 0 Å². The number of unbranched alkanes of at least 4 members (excludes halogenated alkanes) is 1. The van der Waals surface area contributed by atoms with Crippen LogP contribution in [0.3, 0.4) is 0 Å². The lowest BCUT2D eigenvalue weighted by Crippen LogP contribution is -2.11. The number of fused-ring (bicyclic) bond motifs is 1. The summed E-state index contributed by atoms with van der Waals surface area (Å²) in [7, 11) is -3.77. The molecule has 3 N–H and O–H groups in total. The van der Waals surface area contributed by atoms with Crippen LogP contribution in [0.1, 0.15) is 31.2 Å². The van der Waals surface area contributed by atoms with Crippen LogP contribution in [0.15, 0.2) is 51.7 Å². The van der Waals surface area contributed by atoms with Crippen molar-refractivity contribution >= 4 is 55.0 Å². The zero-order valence-corrected chi connectivity index (χ0v) is 20.2. The second kappa shape index (κ2) is 9.57. The highest BCUT2D eigenvalue weighted by atomic mass is 32.2. The molecule has 0 unspecified atom stereocenters. The number of aryl methyl sites for hydroxylation is 2. The van der Waals surface area contributed by atoms with E-state index in [0.717, 1.165) is 45.9 Å². The number of benzene rings is 2. The van der Waals surface area contributed by atoms with E-state index in [2.05, 4.69) is 33.1 Å². The highest BCUT2D eigenvalue weighted by Crippen LogP contribution is 2.31. The maximum atomic E-state index is 11.7. The molecule has 2 aromatic carbocycles. The summed E-state index contributed by atoms with van der Waals surface area (Å²) in [6, 6.07) is 12.9. The molecule has 4 aromatic rings. The lowest BCUT2D eigenvalue weighted by molar-refractivity contribution is 0.598. The summed E-state index contributed by atoms with van der Waals surface area (Å²) in [5, 5.41) is 17.8. The number of aromatic nitrogens is 4. The third kappa shape index (κ3) is 5.29. The summed E-state index contributed by atoms with van der Waals surface area (Å²) in [6.45, 7) is 4.99. The summed E-state index contributed by atoms with van der Waals surface area (Å²) >= 11 is 3.05. The summed E-state index contributed by atoms with van der Waals surface area (Å²) in [6.07, 6.45) is 2.05. The van der Waals surface area contributed by atoms with Crippen molar-refractivity contribution in [2.24, 2.45) is 5.14 Å². The normalized spacial score (nSPS) is 11.8. The van der Waals surface area contributed by atoms with E-state index in [-0.39, 0.29) is 4.90 Å². The molecule has 0 amide bonds. The van der Waals surface area contributed by atoms with Crippen LogP contribution in [-0.4, -0.2) is 28.2 Å². The first kappa shape index (κ1) is 22.7. The lowest BCUT2D eigenvalue weighted by atomic mass is 10.2. The van der Waals surface area contributed by atoms with Crippen LogP contribution in [0.2, 0.25) is 0 Å². The van der Waals surface area contributed by atoms with Crippen LogP contribution in [-0.2, 0) is 22.3 Å². The van der Waals surface area contributed by atoms with Gasteiger partial charge in [-0.2, -0.15) is 0 Å². The Morgan fingerprint density at radius 3 is 2.78 bits per heavy atom. The molecule has 0 aliphatic carbocycles. The molecule has 0 bridgehead atoms. The molecule has 11 heteroatoms. The van der Waals surface area contributed by atoms with Crippen LogP contribution >= 0.6 is 23.1 Å². The first-order valence-electron chi connectivity index (χ1n) is 10.2. The predicted octanol–water partition coefficient (Wildman–Crippen LogP) is 4.68. The van der Waals surface area contributed by atoms with Gasteiger partial charge in [0.1, 0.15) is 5.82 Å². The molecule has 0 atom stereocenters. The van der Waals surface area contributed by atoms with Crippen molar-refractivity contribution in [3.8, 4) is 0 Å². The number of anilines is 2. The molecule has 2 heterocycles. The largest absolute Gasteiger partial charge is 0.330 e. The van der Waals surface area contributed by atoms with Gasteiger partial charge in [-0.1, -0.05) is 48.6 Å². The molecule has 0 aliphatic rings. The zero-order chi connectivity index (χ0) is 22.7. The van der Waals surface area contributed by atoms with Crippen molar-refractivity contribution < 1.29 is 8.42 Å². The number of nitrogens with one attached hydrogen (secondary N) is 1. The maximum absolute atomic E-state index is 11.7. The van der Waals surface area contributed by atoms with Gasteiger partial charge >= 0.3 is 0 Å². The van der Waals surface area contributed by atoms with Crippen molar-refractivity contribution in [2.75, 3.05) is 5.32 Å².